The summed E-state index contributed by atoms with van der Waals surface area (Å²) in [7, 11) is 1.62. The number of nitrogens with one attached hydrogen (secondary N) is 1. The van der Waals surface area contributed by atoms with E-state index in [4.69, 9.17) is 14.0 Å². The fourth-order valence-corrected chi connectivity index (χ4v) is 4.26. The highest BCUT2D eigenvalue weighted by Crippen LogP contribution is 2.28. The van der Waals surface area contributed by atoms with Crippen LogP contribution in [0.1, 0.15) is 43.7 Å². The molecule has 0 heterocycles. The van der Waals surface area contributed by atoms with Crippen LogP contribution in [0.3, 0.4) is 0 Å². The Morgan fingerprint density at radius 1 is 1.08 bits per heavy atom. The van der Waals surface area contributed by atoms with Crippen LogP contribution in [0, 0.1) is 12.8 Å². The lowest BCUT2D eigenvalue weighted by Gasteiger charge is -2.26. The third kappa shape index (κ3) is 11.4. The van der Waals surface area contributed by atoms with E-state index in [1.165, 1.54) is 25.0 Å². The van der Waals surface area contributed by atoms with Gasteiger partial charge in [0.2, 0.25) is 5.91 Å². The zero-order valence-electron chi connectivity index (χ0n) is 22.4. The summed E-state index contributed by atoms with van der Waals surface area (Å²) in [6.45, 7) is 5.55. The number of hydrogen-bond acceptors (Lipinski definition) is 6. The molecule has 9 heteroatoms. The number of benzene rings is 2. The monoisotopic (exact) mass is 532 g/mol. The Morgan fingerprint density at radius 2 is 1.73 bits per heavy atom. The summed E-state index contributed by atoms with van der Waals surface area (Å²) in [5.74, 6) is 2.14. The number of carbonyl (C=O) groups is 1. The van der Waals surface area contributed by atoms with Crippen LogP contribution in [0.4, 0.5) is 0 Å². The van der Waals surface area contributed by atoms with Crippen molar-refractivity contribution in [1.29, 1.82) is 0 Å². The van der Waals surface area contributed by atoms with E-state index in [9.17, 15) is 13.2 Å². The number of amides is 1. The van der Waals surface area contributed by atoms with Crippen LogP contribution in [-0.4, -0.2) is 64.2 Å². The van der Waals surface area contributed by atoms with Gasteiger partial charge in [-0.15, -0.1) is 0 Å². The molecule has 1 amide bonds. The summed E-state index contributed by atoms with van der Waals surface area (Å²) in [5, 5.41) is 3.10. The van der Waals surface area contributed by atoms with Crippen molar-refractivity contribution in [3.05, 3.63) is 59.7 Å². The minimum atomic E-state index is -4.02. The molecule has 1 saturated carbocycles. The fraction of sp³-hybridized carbons (Fsp3) is 0.464. The van der Waals surface area contributed by atoms with Gasteiger partial charge in [-0.2, -0.15) is 8.42 Å². The Kier molecular flexibility index (Phi) is 12.1. The molecule has 0 aromatic heterocycles. The van der Waals surface area contributed by atoms with Crippen molar-refractivity contribution in [1.82, 2.24) is 10.2 Å². The Balaban J connectivity index is 0.000000364. The van der Waals surface area contributed by atoms with E-state index in [2.05, 4.69) is 17.1 Å². The molecule has 8 nitrogen and oxygen atoms in total. The van der Waals surface area contributed by atoms with Gasteiger partial charge in [-0.3, -0.25) is 9.35 Å². The average molecular weight is 533 g/mol. The zero-order valence-corrected chi connectivity index (χ0v) is 23.3. The predicted octanol–water partition coefficient (Wildman–Crippen LogP) is 4.59. The molecule has 0 bridgehead atoms. The van der Waals surface area contributed by atoms with Gasteiger partial charge in [0.15, 0.2) is 11.5 Å². The van der Waals surface area contributed by atoms with E-state index >= 15 is 0 Å². The molecule has 1 fully saturated rings. The first-order valence-electron chi connectivity index (χ1n) is 12.5. The van der Waals surface area contributed by atoms with Crippen LogP contribution >= 0.6 is 0 Å². The van der Waals surface area contributed by atoms with Crippen molar-refractivity contribution in [3.63, 3.8) is 0 Å². The van der Waals surface area contributed by atoms with Crippen LogP contribution < -0.4 is 14.8 Å². The van der Waals surface area contributed by atoms with Crippen molar-refractivity contribution in [2.45, 2.75) is 50.5 Å². The number of nitrogens with zero attached hydrogens (tertiary/aromatic N) is 1. The van der Waals surface area contributed by atoms with Gasteiger partial charge in [0, 0.05) is 18.7 Å². The second-order valence-electron chi connectivity index (χ2n) is 9.65. The number of hydrogen-bond donors (Lipinski definition) is 2. The molecular formula is C28H40N2O6S. The van der Waals surface area contributed by atoms with Crippen molar-refractivity contribution in [2.24, 2.45) is 5.92 Å². The Hall–Kier alpha value is -2.88. The molecule has 0 aliphatic heterocycles. The quantitative estimate of drug-likeness (QED) is 0.360. The smallest absolute Gasteiger partial charge is 0.294 e. The summed E-state index contributed by atoms with van der Waals surface area (Å²) in [5.41, 5.74) is 1.87. The number of aryl methyl sites for hydroxylation is 1. The molecule has 2 aromatic rings. The van der Waals surface area contributed by atoms with Gasteiger partial charge < -0.3 is 19.7 Å². The lowest BCUT2D eigenvalue weighted by atomic mass is 9.87. The minimum Gasteiger partial charge on any atom is -0.493 e. The topological polar surface area (TPSA) is 105 Å². The van der Waals surface area contributed by atoms with E-state index in [0.29, 0.717) is 24.1 Å². The first kappa shape index (κ1) is 30.3. The van der Waals surface area contributed by atoms with Gasteiger partial charge in [0.25, 0.3) is 10.1 Å². The molecule has 2 aromatic carbocycles. The molecule has 0 saturated heterocycles. The number of carbonyl (C=O) groups excluding carboxylic acids is 1. The van der Waals surface area contributed by atoms with E-state index in [-0.39, 0.29) is 10.8 Å². The Bertz CT molecular complexity index is 1120. The van der Waals surface area contributed by atoms with Crippen molar-refractivity contribution in [3.8, 4) is 11.5 Å². The van der Waals surface area contributed by atoms with E-state index < -0.39 is 10.1 Å². The zero-order chi connectivity index (χ0) is 27.4. The summed E-state index contributed by atoms with van der Waals surface area (Å²) in [6, 6.07) is 12.0. The minimum absolute atomic E-state index is 0.0326. The number of ether oxygens (including phenoxy) is 2. The Labute approximate surface area is 221 Å². The van der Waals surface area contributed by atoms with Gasteiger partial charge in [-0.1, -0.05) is 30.7 Å². The van der Waals surface area contributed by atoms with E-state index in [1.54, 1.807) is 25.3 Å². The van der Waals surface area contributed by atoms with Crippen LogP contribution in [0.15, 0.2) is 53.4 Å². The maximum Gasteiger partial charge on any atom is 0.294 e. The lowest BCUT2D eigenvalue weighted by Crippen LogP contribution is -2.36. The van der Waals surface area contributed by atoms with Gasteiger partial charge >= 0.3 is 0 Å². The third-order valence-corrected chi connectivity index (χ3v) is 6.96. The van der Waals surface area contributed by atoms with E-state index in [0.717, 1.165) is 36.4 Å². The fourth-order valence-electron chi connectivity index (χ4n) is 3.78. The summed E-state index contributed by atoms with van der Waals surface area (Å²) >= 11 is 0. The molecule has 0 radical (unpaired) electrons. The van der Waals surface area contributed by atoms with Gasteiger partial charge in [0.05, 0.1) is 12.0 Å². The maximum absolute atomic E-state index is 12.1. The standard InChI is InChI=1S/C21H32N2O3.C7H8O3S/c1-16-5-9-18(10-6-16)22-21(24)12-8-17-7-11-19(20(15-17)25-4)26-14-13-23(2)3;1-6-2-4-7(5-3-6)11(8,9)10/h7-8,11-12,15-16,18H,5-6,9-10,13-14H2,1-4H3,(H,22,24);2-5H,1H3,(H,8,9,10)/b12-8+;. The van der Waals surface area contributed by atoms with Crippen molar-refractivity contribution in [2.75, 3.05) is 34.4 Å². The average Bonchev–Trinajstić information content (AvgIpc) is 2.84. The molecule has 37 heavy (non-hydrogen) atoms. The van der Waals surface area contributed by atoms with Gasteiger partial charge in [0.1, 0.15) is 6.61 Å². The predicted molar refractivity (Wildman–Crippen MR) is 147 cm³/mol. The molecule has 1 aliphatic carbocycles. The summed E-state index contributed by atoms with van der Waals surface area (Å²) in [6.07, 6.45) is 7.95. The first-order valence-corrected chi connectivity index (χ1v) is 13.9. The highest BCUT2D eigenvalue weighted by Gasteiger charge is 2.18. The van der Waals surface area contributed by atoms with E-state index in [1.807, 2.05) is 45.3 Å². The van der Waals surface area contributed by atoms with Crippen LogP contribution in [0.25, 0.3) is 6.08 Å². The Morgan fingerprint density at radius 3 is 2.30 bits per heavy atom. The van der Waals surface area contributed by atoms with Crippen LogP contribution in [0.2, 0.25) is 0 Å². The third-order valence-electron chi connectivity index (χ3n) is 6.09. The number of rotatable bonds is 9. The summed E-state index contributed by atoms with van der Waals surface area (Å²) in [4.78, 5) is 14.1. The largest absolute Gasteiger partial charge is 0.493 e. The second-order valence-corrected chi connectivity index (χ2v) is 11.1. The molecule has 2 N–H and O–H groups in total. The molecule has 3 rings (SSSR count). The van der Waals surface area contributed by atoms with Crippen molar-refractivity contribution < 1.29 is 27.2 Å². The van der Waals surface area contributed by atoms with Gasteiger partial charge in [-0.05, 0) is 88.5 Å². The SMILES string of the molecule is COc1cc(/C=C/C(=O)NC2CCC(C)CC2)ccc1OCCN(C)C.Cc1ccc(S(=O)(=O)O)cc1. The van der Waals surface area contributed by atoms with Crippen LogP contribution in [-0.2, 0) is 14.9 Å². The normalized spacial score (nSPS) is 17.7. The molecule has 0 spiro atoms. The molecular weight excluding hydrogens is 492 g/mol. The first-order chi connectivity index (χ1) is 17.5. The van der Waals surface area contributed by atoms with Crippen molar-refractivity contribution >= 4 is 22.1 Å². The molecule has 204 valence electrons. The van der Waals surface area contributed by atoms with Crippen LogP contribution in [0.5, 0.6) is 11.5 Å². The highest BCUT2D eigenvalue weighted by atomic mass is 32.2. The lowest BCUT2D eigenvalue weighted by molar-refractivity contribution is -0.117. The second kappa shape index (κ2) is 14.8. The molecule has 0 unspecified atom stereocenters. The van der Waals surface area contributed by atoms with Gasteiger partial charge in [-0.25, -0.2) is 0 Å². The maximum atomic E-state index is 12.1. The molecule has 1 aliphatic rings. The summed E-state index contributed by atoms with van der Waals surface area (Å²) < 4.78 is 40.7. The highest BCUT2D eigenvalue weighted by molar-refractivity contribution is 7.85. The number of likely N-dealkylation sites (N-methyl/N-ethyl adjacent to an activating group) is 1. The number of methoxy groups -OCH3 is 1. The molecule has 0 atom stereocenters.